The van der Waals surface area contributed by atoms with Gasteiger partial charge in [0, 0.05) is 6.54 Å². The highest BCUT2D eigenvalue weighted by atomic mass is 19.3. The van der Waals surface area contributed by atoms with Gasteiger partial charge in [-0.25, -0.2) is 0 Å². The standard InChI is InChI=1S/C15H17F2NO4/c16-15(17)22-12-4-2-1-3-9(12)7-8-18-13(19)10-5-6-11(10)14(20)21/h1-4,10-11,15H,5-8H2,(H,18,19)(H,20,21). The molecule has 5 nitrogen and oxygen atoms in total. The van der Waals surface area contributed by atoms with Gasteiger partial charge in [0.05, 0.1) is 11.8 Å². The molecule has 0 aliphatic heterocycles. The molecule has 0 aromatic heterocycles. The van der Waals surface area contributed by atoms with E-state index in [4.69, 9.17) is 5.11 Å². The lowest BCUT2D eigenvalue weighted by Gasteiger charge is -2.31. The van der Waals surface area contributed by atoms with Crippen LogP contribution in [0.3, 0.4) is 0 Å². The average molecular weight is 313 g/mol. The first-order valence-corrected chi connectivity index (χ1v) is 7.02. The number of carbonyl (C=O) groups excluding carboxylic acids is 1. The smallest absolute Gasteiger partial charge is 0.387 e. The molecule has 2 N–H and O–H groups in total. The molecule has 1 aliphatic rings. The first-order chi connectivity index (χ1) is 10.5. The van der Waals surface area contributed by atoms with Gasteiger partial charge in [-0.1, -0.05) is 18.2 Å². The molecule has 1 amide bonds. The number of alkyl halides is 2. The van der Waals surface area contributed by atoms with E-state index < -0.39 is 24.4 Å². The minimum Gasteiger partial charge on any atom is -0.481 e. The van der Waals surface area contributed by atoms with Gasteiger partial charge in [-0.05, 0) is 30.9 Å². The van der Waals surface area contributed by atoms with Crippen LogP contribution in [-0.2, 0) is 16.0 Å². The number of nitrogens with one attached hydrogen (secondary N) is 1. The van der Waals surface area contributed by atoms with Crippen LogP contribution in [0, 0.1) is 11.8 Å². The molecule has 0 heterocycles. The SMILES string of the molecule is O=C(O)C1CCC1C(=O)NCCc1ccccc1OC(F)F. The predicted octanol–water partition coefficient (Wildman–Crippen LogP) is 2.06. The number of carboxylic acids is 1. The molecule has 0 bridgehead atoms. The summed E-state index contributed by atoms with van der Waals surface area (Å²) in [4.78, 5) is 22.7. The van der Waals surface area contributed by atoms with E-state index >= 15 is 0 Å². The summed E-state index contributed by atoms with van der Waals surface area (Å²) in [5, 5.41) is 11.6. The molecule has 2 unspecified atom stereocenters. The Balaban J connectivity index is 1.84. The number of carbonyl (C=O) groups is 2. The summed E-state index contributed by atoms with van der Waals surface area (Å²) in [5.41, 5.74) is 0.562. The minimum absolute atomic E-state index is 0.0822. The van der Waals surface area contributed by atoms with Crippen molar-refractivity contribution >= 4 is 11.9 Å². The molecular weight excluding hydrogens is 296 g/mol. The number of amides is 1. The van der Waals surface area contributed by atoms with E-state index in [2.05, 4.69) is 10.1 Å². The van der Waals surface area contributed by atoms with Gasteiger partial charge in [-0.15, -0.1) is 0 Å². The molecule has 1 fully saturated rings. The second-order valence-corrected chi connectivity index (χ2v) is 5.16. The maximum atomic E-state index is 12.3. The monoisotopic (exact) mass is 313 g/mol. The molecule has 120 valence electrons. The third kappa shape index (κ3) is 3.93. The van der Waals surface area contributed by atoms with E-state index in [1.807, 2.05) is 0 Å². The van der Waals surface area contributed by atoms with Crippen molar-refractivity contribution < 1.29 is 28.2 Å². The Kier molecular flexibility index (Phi) is 5.30. The predicted molar refractivity (Wildman–Crippen MR) is 73.6 cm³/mol. The van der Waals surface area contributed by atoms with Crippen molar-refractivity contribution in [1.82, 2.24) is 5.32 Å². The van der Waals surface area contributed by atoms with Crippen LogP contribution in [0.25, 0.3) is 0 Å². The van der Waals surface area contributed by atoms with Gasteiger partial charge < -0.3 is 15.2 Å². The number of aliphatic carboxylic acids is 1. The molecule has 1 aliphatic carbocycles. The second kappa shape index (κ2) is 7.20. The van der Waals surface area contributed by atoms with Gasteiger partial charge in [0.25, 0.3) is 0 Å². The van der Waals surface area contributed by atoms with E-state index in [1.54, 1.807) is 18.2 Å². The van der Waals surface area contributed by atoms with Crippen molar-refractivity contribution in [2.45, 2.75) is 25.9 Å². The van der Waals surface area contributed by atoms with Crippen LogP contribution in [-0.4, -0.2) is 30.1 Å². The first-order valence-electron chi connectivity index (χ1n) is 7.02. The minimum atomic E-state index is -2.90. The molecule has 0 spiro atoms. The Bertz CT molecular complexity index is 550. The number of halogens is 2. The third-order valence-electron chi connectivity index (χ3n) is 3.81. The molecule has 7 heteroatoms. The lowest BCUT2D eigenvalue weighted by Crippen LogP contribution is -2.44. The van der Waals surface area contributed by atoms with E-state index in [-0.39, 0.29) is 18.2 Å². The molecule has 1 saturated carbocycles. The Morgan fingerprint density at radius 3 is 2.55 bits per heavy atom. The molecule has 22 heavy (non-hydrogen) atoms. The van der Waals surface area contributed by atoms with Gasteiger partial charge in [0.15, 0.2) is 0 Å². The molecule has 1 aromatic carbocycles. The molecule has 2 atom stereocenters. The van der Waals surface area contributed by atoms with Crippen molar-refractivity contribution in [3.8, 4) is 5.75 Å². The summed E-state index contributed by atoms with van der Waals surface area (Å²) < 4.78 is 29.0. The maximum absolute atomic E-state index is 12.3. The number of hydrogen-bond donors (Lipinski definition) is 2. The normalized spacial score (nSPS) is 20.3. The topological polar surface area (TPSA) is 75.6 Å². The van der Waals surface area contributed by atoms with Crippen LogP contribution >= 0.6 is 0 Å². The number of rotatable bonds is 7. The van der Waals surface area contributed by atoms with Gasteiger partial charge in [-0.2, -0.15) is 8.78 Å². The van der Waals surface area contributed by atoms with Crippen LogP contribution in [0.4, 0.5) is 8.78 Å². The number of hydrogen-bond acceptors (Lipinski definition) is 3. The highest BCUT2D eigenvalue weighted by molar-refractivity contribution is 5.86. The quantitative estimate of drug-likeness (QED) is 0.808. The molecular formula is C15H17F2NO4. The summed E-state index contributed by atoms with van der Waals surface area (Å²) in [6.45, 7) is -2.66. The number of carboxylic acid groups (broad SMARTS) is 1. The zero-order valence-corrected chi connectivity index (χ0v) is 11.8. The van der Waals surface area contributed by atoms with Crippen molar-refractivity contribution in [2.24, 2.45) is 11.8 Å². The van der Waals surface area contributed by atoms with Crippen molar-refractivity contribution in [1.29, 1.82) is 0 Å². The van der Waals surface area contributed by atoms with Crippen molar-refractivity contribution in [3.05, 3.63) is 29.8 Å². The van der Waals surface area contributed by atoms with Crippen molar-refractivity contribution in [2.75, 3.05) is 6.54 Å². The fourth-order valence-electron chi connectivity index (χ4n) is 2.48. The molecule has 1 aromatic rings. The fraction of sp³-hybridized carbons (Fsp3) is 0.467. The van der Waals surface area contributed by atoms with Gasteiger partial charge in [0.1, 0.15) is 5.75 Å². The Labute approximate surface area is 126 Å². The number of para-hydroxylation sites is 1. The van der Waals surface area contributed by atoms with Crippen LogP contribution in [0.15, 0.2) is 24.3 Å². The summed E-state index contributed by atoms with van der Waals surface area (Å²) >= 11 is 0. The molecule has 0 radical (unpaired) electrons. The average Bonchev–Trinajstić information content (AvgIpc) is 2.38. The van der Waals surface area contributed by atoms with E-state index in [0.29, 0.717) is 24.8 Å². The van der Waals surface area contributed by atoms with E-state index in [1.165, 1.54) is 6.07 Å². The zero-order chi connectivity index (χ0) is 16.1. The summed E-state index contributed by atoms with van der Waals surface area (Å²) in [6.07, 6.45) is 1.41. The summed E-state index contributed by atoms with van der Waals surface area (Å²) in [6, 6.07) is 6.37. The zero-order valence-electron chi connectivity index (χ0n) is 11.8. The van der Waals surface area contributed by atoms with E-state index in [0.717, 1.165) is 0 Å². The van der Waals surface area contributed by atoms with E-state index in [9.17, 15) is 18.4 Å². The van der Waals surface area contributed by atoms with Crippen LogP contribution in [0.5, 0.6) is 5.75 Å². The summed E-state index contributed by atoms with van der Waals surface area (Å²) in [7, 11) is 0. The second-order valence-electron chi connectivity index (χ2n) is 5.16. The lowest BCUT2D eigenvalue weighted by atomic mass is 9.73. The third-order valence-corrected chi connectivity index (χ3v) is 3.81. The highest BCUT2D eigenvalue weighted by Gasteiger charge is 2.41. The lowest BCUT2D eigenvalue weighted by molar-refractivity contribution is -0.152. The molecule has 2 rings (SSSR count). The van der Waals surface area contributed by atoms with Gasteiger partial charge >= 0.3 is 12.6 Å². The number of benzene rings is 1. The Morgan fingerprint density at radius 1 is 1.27 bits per heavy atom. The van der Waals surface area contributed by atoms with Crippen LogP contribution in [0.1, 0.15) is 18.4 Å². The Hall–Kier alpha value is -2.18. The first kappa shape index (κ1) is 16.2. The van der Waals surface area contributed by atoms with Crippen molar-refractivity contribution in [3.63, 3.8) is 0 Å². The molecule has 0 saturated heterocycles. The van der Waals surface area contributed by atoms with Gasteiger partial charge in [0.2, 0.25) is 5.91 Å². The van der Waals surface area contributed by atoms with Gasteiger partial charge in [-0.3, -0.25) is 9.59 Å². The largest absolute Gasteiger partial charge is 0.481 e. The Morgan fingerprint density at radius 2 is 1.95 bits per heavy atom. The highest BCUT2D eigenvalue weighted by Crippen LogP contribution is 2.34. The maximum Gasteiger partial charge on any atom is 0.387 e. The fourth-order valence-corrected chi connectivity index (χ4v) is 2.48. The van der Waals surface area contributed by atoms with Crippen LogP contribution < -0.4 is 10.1 Å². The van der Waals surface area contributed by atoms with Crippen LogP contribution in [0.2, 0.25) is 0 Å². The number of ether oxygens (including phenoxy) is 1. The summed E-state index contributed by atoms with van der Waals surface area (Å²) in [5.74, 6) is -2.29.